The van der Waals surface area contributed by atoms with Crippen LogP contribution in [-0.4, -0.2) is 10.2 Å². The van der Waals surface area contributed by atoms with E-state index in [1.807, 2.05) is 36.7 Å². The summed E-state index contributed by atoms with van der Waals surface area (Å²) in [7, 11) is 0. The maximum atomic E-state index is 5.63. The summed E-state index contributed by atoms with van der Waals surface area (Å²) in [5, 5.41) is 6.75. The summed E-state index contributed by atoms with van der Waals surface area (Å²) in [6.07, 6.45) is 3.77. The van der Waals surface area contributed by atoms with E-state index in [9.17, 15) is 0 Å². The first-order valence-corrected chi connectivity index (χ1v) is 4.61. The standard InChI is InChI=1S/C11H13N3/c1-8(10-6-13-14-7-10)9-2-4-11(12)5-3-9/h2-8H,12H2,1H3,(H,13,14). The Morgan fingerprint density at radius 3 is 2.50 bits per heavy atom. The van der Waals surface area contributed by atoms with Crippen LogP contribution in [0.1, 0.15) is 24.0 Å². The van der Waals surface area contributed by atoms with Gasteiger partial charge in [-0.2, -0.15) is 5.10 Å². The van der Waals surface area contributed by atoms with Crippen LogP contribution in [0, 0.1) is 0 Å². The van der Waals surface area contributed by atoms with E-state index >= 15 is 0 Å². The van der Waals surface area contributed by atoms with Crippen LogP contribution < -0.4 is 5.73 Å². The van der Waals surface area contributed by atoms with E-state index in [4.69, 9.17) is 5.73 Å². The van der Waals surface area contributed by atoms with Gasteiger partial charge in [0.2, 0.25) is 0 Å². The van der Waals surface area contributed by atoms with Crippen LogP contribution in [0.15, 0.2) is 36.7 Å². The van der Waals surface area contributed by atoms with Crippen LogP contribution in [0.25, 0.3) is 0 Å². The number of H-pyrrole nitrogens is 1. The quantitative estimate of drug-likeness (QED) is 0.708. The highest BCUT2D eigenvalue weighted by Gasteiger charge is 2.08. The molecule has 1 aromatic carbocycles. The van der Waals surface area contributed by atoms with Gasteiger partial charge in [-0.3, -0.25) is 5.10 Å². The van der Waals surface area contributed by atoms with Gasteiger partial charge in [0.25, 0.3) is 0 Å². The number of nitrogens with two attached hydrogens (primary N) is 1. The molecule has 0 aliphatic rings. The van der Waals surface area contributed by atoms with Crippen molar-refractivity contribution in [3.63, 3.8) is 0 Å². The fraction of sp³-hybridized carbons (Fsp3) is 0.182. The molecule has 1 atom stereocenters. The number of hydrogen-bond donors (Lipinski definition) is 2. The Morgan fingerprint density at radius 1 is 1.21 bits per heavy atom. The molecule has 0 saturated carbocycles. The summed E-state index contributed by atoms with van der Waals surface area (Å²) in [5.74, 6) is 0.356. The van der Waals surface area contributed by atoms with E-state index in [-0.39, 0.29) is 0 Å². The second-order valence-corrected chi connectivity index (χ2v) is 3.42. The molecule has 1 unspecified atom stereocenters. The molecule has 0 saturated heterocycles. The smallest absolute Gasteiger partial charge is 0.0525 e. The van der Waals surface area contributed by atoms with Crippen molar-refractivity contribution >= 4 is 5.69 Å². The lowest BCUT2D eigenvalue weighted by molar-refractivity contribution is 0.924. The highest BCUT2D eigenvalue weighted by atomic mass is 15.1. The minimum absolute atomic E-state index is 0.356. The number of hydrogen-bond acceptors (Lipinski definition) is 2. The molecule has 0 bridgehead atoms. The molecular formula is C11H13N3. The van der Waals surface area contributed by atoms with Crippen LogP contribution >= 0.6 is 0 Å². The molecule has 1 heterocycles. The summed E-state index contributed by atoms with van der Waals surface area (Å²) in [4.78, 5) is 0. The van der Waals surface area contributed by atoms with Gasteiger partial charge in [0.05, 0.1) is 6.20 Å². The molecule has 0 fully saturated rings. The number of nitrogens with zero attached hydrogens (tertiary/aromatic N) is 1. The molecule has 14 heavy (non-hydrogen) atoms. The van der Waals surface area contributed by atoms with Crippen molar-refractivity contribution in [2.24, 2.45) is 0 Å². The van der Waals surface area contributed by atoms with E-state index in [0.717, 1.165) is 5.69 Å². The first-order valence-electron chi connectivity index (χ1n) is 4.61. The number of anilines is 1. The van der Waals surface area contributed by atoms with Crippen molar-refractivity contribution < 1.29 is 0 Å². The van der Waals surface area contributed by atoms with Gasteiger partial charge in [-0.05, 0) is 23.3 Å². The molecule has 2 aromatic rings. The Kier molecular flexibility index (Phi) is 2.23. The SMILES string of the molecule is CC(c1ccc(N)cc1)c1cn[nH]c1. The van der Waals surface area contributed by atoms with Crippen molar-refractivity contribution in [2.45, 2.75) is 12.8 Å². The maximum Gasteiger partial charge on any atom is 0.0525 e. The van der Waals surface area contributed by atoms with Crippen LogP contribution in [0.2, 0.25) is 0 Å². The van der Waals surface area contributed by atoms with Crippen molar-refractivity contribution in [3.05, 3.63) is 47.8 Å². The molecule has 0 aliphatic carbocycles. The fourth-order valence-corrected chi connectivity index (χ4v) is 1.47. The van der Waals surface area contributed by atoms with E-state index in [2.05, 4.69) is 17.1 Å². The van der Waals surface area contributed by atoms with Gasteiger partial charge in [-0.15, -0.1) is 0 Å². The zero-order valence-electron chi connectivity index (χ0n) is 8.07. The number of nitrogen functional groups attached to an aromatic ring is 1. The van der Waals surface area contributed by atoms with Gasteiger partial charge in [-0.1, -0.05) is 19.1 Å². The minimum Gasteiger partial charge on any atom is -0.399 e. The van der Waals surface area contributed by atoms with Crippen molar-refractivity contribution in [1.29, 1.82) is 0 Å². The zero-order chi connectivity index (χ0) is 9.97. The minimum atomic E-state index is 0.356. The Morgan fingerprint density at radius 2 is 1.93 bits per heavy atom. The molecule has 0 aliphatic heterocycles. The Balaban J connectivity index is 2.28. The summed E-state index contributed by atoms with van der Waals surface area (Å²) in [6.45, 7) is 2.15. The largest absolute Gasteiger partial charge is 0.399 e. The molecule has 3 N–H and O–H groups in total. The number of aromatic nitrogens is 2. The monoisotopic (exact) mass is 187 g/mol. The number of aromatic amines is 1. The van der Waals surface area contributed by atoms with E-state index in [1.165, 1.54) is 11.1 Å². The summed E-state index contributed by atoms with van der Waals surface area (Å²) in [5.41, 5.74) is 8.87. The second-order valence-electron chi connectivity index (χ2n) is 3.42. The van der Waals surface area contributed by atoms with Crippen LogP contribution in [0.4, 0.5) is 5.69 Å². The summed E-state index contributed by atoms with van der Waals surface area (Å²) >= 11 is 0. The van der Waals surface area contributed by atoms with Crippen molar-refractivity contribution in [3.8, 4) is 0 Å². The molecule has 0 spiro atoms. The Labute approximate surface area is 83.0 Å². The molecular weight excluding hydrogens is 174 g/mol. The third kappa shape index (κ3) is 1.62. The second kappa shape index (κ2) is 3.54. The predicted octanol–water partition coefficient (Wildman–Crippen LogP) is 2.14. The third-order valence-electron chi connectivity index (χ3n) is 2.46. The van der Waals surface area contributed by atoms with E-state index < -0.39 is 0 Å². The normalized spacial score (nSPS) is 12.6. The highest BCUT2D eigenvalue weighted by molar-refractivity contribution is 5.41. The predicted molar refractivity (Wildman–Crippen MR) is 57.0 cm³/mol. The van der Waals surface area contributed by atoms with Gasteiger partial charge in [0.1, 0.15) is 0 Å². The number of nitrogens with one attached hydrogen (secondary N) is 1. The van der Waals surface area contributed by atoms with Crippen LogP contribution in [-0.2, 0) is 0 Å². The molecule has 3 heteroatoms. The molecule has 0 radical (unpaired) electrons. The lowest BCUT2D eigenvalue weighted by Crippen LogP contribution is -1.94. The van der Waals surface area contributed by atoms with E-state index in [1.54, 1.807) is 0 Å². The van der Waals surface area contributed by atoms with Gasteiger partial charge in [0.15, 0.2) is 0 Å². The fourth-order valence-electron chi connectivity index (χ4n) is 1.47. The van der Waals surface area contributed by atoms with Gasteiger partial charge in [0, 0.05) is 17.8 Å². The number of benzene rings is 1. The lowest BCUT2D eigenvalue weighted by Gasteiger charge is -2.09. The molecule has 1 aromatic heterocycles. The highest BCUT2D eigenvalue weighted by Crippen LogP contribution is 2.23. The molecule has 72 valence electrons. The average molecular weight is 187 g/mol. The molecule has 3 nitrogen and oxygen atoms in total. The van der Waals surface area contributed by atoms with Gasteiger partial charge in [-0.25, -0.2) is 0 Å². The Bertz CT molecular complexity index is 389. The first kappa shape index (κ1) is 8.81. The molecule has 0 amide bonds. The lowest BCUT2D eigenvalue weighted by atomic mass is 9.96. The summed E-state index contributed by atoms with van der Waals surface area (Å²) < 4.78 is 0. The van der Waals surface area contributed by atoms with Crippen LogP contribution in [0.3, 0.4) is 0 Å². The third-order valence-corrected chi connectivity index (χ3v) is 2.46. The van der Waals surface area contributed by atoms with Crippen molar-refractivity contribution in [1.82, 2.24) is 10.2 Å². The Hall–Kier alpha value is -1.77. The maximum absolute atomic E-state index is 5.63. The summed E-state index contributed by atoms with van der Waals surface area (Å²) in [6, 6.07) is 7.94. The first-order chi connectivity index (χ1) is 6.77. The zero-order valence-corrected chi connectivity index (χ0v) is 8.07. The van der Waals surface area contributed by atoms with Crippen molar-refractivity contribution in [2.75, 3.05) is 5.73 Å². The van der Waals surface area contributed by atoms with Gasteiger partial charge < -0.3 is 5.73 Å². The van der Waals surface area contributed by atoms with E-state index in [0.29, 0.717) is 5.92 Å². The average Bonchev–Trinajstić information content (AvgIpc) is 2.71. The van der Waals surface area contributed by atoms with Crippen LogP contribution in [0.5, 0.6) is 0 Å². The molecule has 2 rings (SSSR count). The topological polar surface area (TPSA) is 54.7 Å². The van der Waals surface area contributed by atoms with Gasteiger partial charge >= 0.3 is 0 Å². The number of rotatable bonds is 2.